The third kappa shape index (κ3) is 2.80. The summed E-state index contributed by atoms with van der Waals surface area (Å²) in [6, 6.07) is 15.3. The van der Waals surface area contributed by atoms with Crippen molar-refractivity contribution in [1.29, 1.82) is 0 Å². The molecular weight excluding hydrogens is 292 g/mol. The van der Waals surface area contributed by atoms with Crippen LogP contribution in [0.3, 0.4) is 0 Å². The van der Waals surface area contributed by atoms with E-state index in [-0.39, 0.29) is 0 Å². The van der Waals surface area contributed by atoms with E-state index < -0.39 is 0 Å². The van der Waals surface area contributed by atoms with Crippen molar-refractivity contribution in [3.05, 3.63) is 73.8 Å². The van der Waals surface area contributed by atoms with Crippen LogP contribution in [-0.2, 0) is 0 Å². The summed E-state index contributed by atoms with van der Waals surface area (Å²) in [4.78, 5) is 7.90. The summed E-state index contributed by atoms with van der Waals surface area (Å²) in [6.07, 6.45) is 6.28. The molecule has 0 fully saturated rings. The number of hydrogen-bond donors (Lipinski definition) is 0. The van der Waals surface area contributed by atoms with Crippen LogP contribution in [0.2, 0.25) is 0 Å². The molecule has 0 saturated carbocycles. The first kappa shape index (κ1) is 13.2. The summed E-state index contributed by atoms with van der Waals surface area (Å²) in [7, 11) is 0. The second kappa shape index (κ2) is 5.72. The highest BCUT2D eigenvalue weighted by Crippen LogP contribution is 2.25. The Hall–Kier alpha value is -3.48. The van der Waals surface area contributed by atoms with Gasteiger partial charge in [0.25, 0.3) is 0 Å². The fourth-order valence-electron chi connectivity index (χ4n) is 2.20. The average Bonchev–Trinajstić information content (AvgIpc) is 3.29. The Balaban J connectivity index is 1.61. The highest BCUT2D eigenvalue weighted by Gasteiger charge is 2.03. The molecule has 23 heavy (non-hydrogen) atoms. The van der Waals surface area contributed by atoms with E-state index >= 15 is 0 Å². The van der Waals surface area contributed by atoms with Crippen molar-refractivity contribution in [2.75, 3.05) is 0 Å². The highest BCUT2D eigenvalue weighted by molar-refractivity contribution is 5.43. The van der Waals surface area contributed by atoms with Crippen LogP contribution >= 0.6 is 0 Å². The molecule has 2 heterocycles. The third-order valence-corrected chi connectivity index (χ3v) is 3.24. The maximum absolute atomic E-state index is 5.93. The molecule has 0 N–H and O–H groups in total. The van der Waals surface area contributed by atoms with Gasteiger partial charge in [0.2, 0.25) is 0 Å². The van der Waals surface area contributed by atoms with Crippen LogP contribution in [0.1, 0.15) is 0 Å². The van der Waals surface area contributed by atoms with Gasteiger partial charge in [-0.3, -0.25) is 0 Å². The van der Waals surface area contributed by atoms with Crippen LogP contribution in [0.4, 0.5) is 0 Å². The first-order chi connectivity index (χ1) is 11.4. The predicted molar refractivity (Wildman–Crippen MR) is 82.8 cm³/mol. The van der Waals surface area contributed by atoms with E-state index in [9.17, 15) is 0 Å². The summed E-state index contributed by atoms with van der Waals surface area (Å²) >= 11 is 0. The SMILES string of the molecule is c1cc(Oc2cccc(-n3cncn3)c2)cc(-n2cncn2)c1. The van der Waals surface area contributed by atoms with Gasteiger partial charge in [-0.15, -0.1) is 0 Å². The topological polar surface area (TPSA) is 70.7 Å². The van der Waals surface area contributed by atoms with Crippen LogP contribution < -0.4 is 4.74 Å². The largest absolute Gasteiger partial charge is 0.457 e. The fourth-order valence-corrected chi connectivity index (χ4v) is 2.20. The minimum atomic E-state index is 0.716. The van der Waals surface area contributed by atoms with Gasteiger partial charge < -0.3 is 4.74 Å². The van der Waals surface area contributed by atoms with Crippen molar-refractivity contribution in [2.24, 2.45) is 0 Å². The van der Waals surface area contributed by atoms with Gasteiger partial charge in [-0.2, -0.15) is 10.2 Å². The lowest BCUT2D eigenvalue weighted by Crippen LogP contribution is -1.96. The summed E-state index contributed by atoms with van der Waals surface area (Å²) in [5, 5.41) is 8.23. The lowest BCUT2D eigenvalue weighted by atomic mass is 10.3. The Morgan fingerprint density at radius 2 is 1.22 bits per heavy atom. The van der Waals surface area contributed by atoms with E-state index in [0.717, 1.165) is 11.4 Å². The van der Waals surface area contributed by atoms with Gasteiger partial charge in [0.15, 0.2) is 0 Å². The zero-order valence-electron chi connectivity index (χ0n) is 12.0. The number of aromatic nitrogens is 6. The van der Waals surface area contributed by atoms with Crippen LogP contribution in [0, 0.1) is 0 Å². The Bertz CT molecular complexity index is 826. The molecule has 2 aromatic carbocycles. The van der Waals surface area contributed by atoms with Crippen LogP contribution in [0.15, 0.2) is 73.8 Å². The number of benzene rings is 2. The average molecular weight is 304 g/mol. The molecule has 0 spiro atoms. The van der Waals surface area contributed by atoms with E-state index in [4.69, 9.17) is 4.74 Å². The first-order valence-corrected chi connectivity index (χ1v) is 6.96. The lowest BCUT2D eigenvalue weighted by molar-refractivity contribution is 0.481. The van der Waals surface area contributed by atoms with Gasteiger partial charge in [0.05, 0.1) is 11.4 Å². The van der Waals surface area contributed by atoms with Crippen molar-refractivity contribution in [3.8, 4) is 22.9 Å². The van der Waals surface area contributed by atoms with E-state index in [1.807, 2.05) is 48.5 Å². The van der Waals surface area contributed by atoms with E-state index in [1.165, 1.54) is 12.7 Å². The highest BCUT2D eigenvalue weighted by atomic mass is 16.5. The van der Waals surface area contributed by atoms with Crippen molar-refractivity contribution in [1.82, 2.24) is 29.5 Å². The van der Waals surface area contributed by atoms with Gasteiger partial charge in [-0.05, 0) is 24.3 Å². The molecule has 4 aromatic rings. The maximum atomic E-state index is 5.93. The molecule has 4 rings (SSSR count). The summed E-state index contributed by atoms with van der Waals surface area (Å²) in [5.41, 5.74) is 1.76. The Kier molecular flexibility index (Phi) is 3.28. The molecule has 0 aliphatic carbocycles. The van der Waals surface area contributed by atoms with Crippen LogP contribution in [-0.4, -0.2) is 29.5 Å². The molecule has 112 valence electrons. The zero-order valence-corrected chi connectivity index (χ0v) is 12.0. The Morgan fingerprint density at radius 1 is 0.696 bits per heavy atom. The molecule has 0 radical (unpaired) electrons. The van der Waals surface area contributed by atoms with Crippen LogP contribution in [0.5, 0.6) is 11.5 Å². The van der Waals surface area contributed by atoms with E-state index in [2.05, 4.69) is 20.2 Å². The lowest BCUT2D eigenvalue weighted by Gasteiger charge is -2.09. The van der Waals surface area contributed by atoms with Gasteiger partial charge in [0, 0.05) is 12.1 Å². The molecule has 7 heteroatoms. The predicted octanol–water partition coefficient (Wildman–Crippen LogP) is 2.64. The summed E-state index contributed by atoms with van der Waals surface area (Å²) in [6.45, 7) is 0. The van der Waals surface area contributed by atoms with E-state index in [0.29, 0.717) is 11.5 Å². The molecular formula is C16H12N6O. The van der Waals surface area contributed by atoms with Gasteiger partial charge >= 0.3 is 0 Å². The van der Waals surface area contributed by atoms with Crippen LogP contribution in [0.25, 0.3) is 11.4 Å². The van der Waals surface area contributed by atoms with E-state index in [1.54, 1.807) is 22.0 Å². The number of hydrogen-bond acceptors (Lipinski definition) is 5. The third-order valence-electron chi connectivity index (χ3n) is 3.24. The fraction of sp³-hybridized carbons (Fsp3) is 0. The number of ether oxygens (including phenoxy) is 1. The van der Waals surface area contributed by atoms with Crippen molar-refractivity contribution >= 4 is 0 Å². The zero-order chi connectivity index (χ0) is 15.5. The molecule has 0 aliphatic heterocycles. The molecule has 0 bridgehead atoms. The summed E-state index contributed by atoms with van der Waals surface area (Å²) in [5.74, 6) is 1.43. The van der Waals surface area contributed by atoms with Gasteiger partial charge in [0.1, 0.15) is 36.8 Å². The molecule has 0 atom stereocenters. The smallest absolute Gasteiger partial charge is 0.138 e. The quantitative estimate of drug-likeness (QED) is 0.579. The Morgan fingerprint density at radius 3 is 1.65 bits per heavy atom. The number of nitrogens with zero attached hydrogens (tertiary/aromatic N) is 6. The second-order valence-corrected chi connectivity index (χ2v) is 4.78. The molecule has 2 aromatic heterocycles. The molecule has 7 nitrogen and oxygen atoms in total. The second-order valence-electron chi connectivity index (χ2n) is 4.78. The minimum Gasteiger partial charge on any atom is -0.457 e. The molecule has 0 unspecified atom stereocenters. The number of rotatable bonds is 4. The minimum absolute atomic E-state index is 0.716. The monoisotopic (exact) mass is 304 g/mol. The maximum Gasteiger partial charge on any atom is 0.138 e. The van der Waals surface area contributed by atoms with Gasteiger partial charge in [-0.25, -0.2) is 19.3 Å². The Labute approximate surface area is 131 Å². The van der Waals surface area contributed by atoms with Crippen molar-refractivity contribution < 1.29 is 4.74 Å². The summed E-state index contributed by atoms with van der Waals surface area (Å²) < 4.78 is 9.29. The molecule has 0 saturated heterocycles. The van der Waals surface area contributed by atoms with Crippen molar-refractivity contribution in [2.45, 2.75) is 0 Å². The van der Waals surface area contributed by atoms with Crippen molar-refractivity contribution in [3.63, 3.8) is 0 Å². The normalized spacial score (nSPS) is 10.6. The molecule has 0 aliphatic rings. The first-order valence-electron chi connectivity index (χ1n) is 6.96. The standard InChI is InChI=1S/C16H12N6O/c1-3-13(21-11-17-9-19-21)7-15(5-1)23-16-6-2-4-14(8-16)22-12-18-10-20-22/h1-12H. The molecule has 0 amide bonds. The van der Waals surface area contributed by atoms with Gasteiger partial charge in [-0.1, -0.05) is 12.1 Å².